The Morgan fingerprint density at radius 1 is 1.37 bits per heavy atom. The van der Waals surface area contributed by atoms with Crippen LogP contribution in [0.1, 0.15) is 16.1 Å². The molecule has 98 valence electrons. The van der Waals surface area contributed by atoms with Crippen LogP contribution in [0.3, 0.4) is 0 Å². The Morgan fingerprint density at radius 2 is 2.11 bits per heavy atom. The van der Waals surface area contributed by atoms with Gasteiger partial charge in [0.05, 0.1) is 0 Å². The third-order valence-electron chi connectivity index (χ3n) is 2.55. The first-order valence-electron chi connectivity index (χ1n) is 5.58. The molecule has 5 nitrogen and oxygen atoms in total. The van der Waals surface area contributed by atoms with Crippen molar-refractivity contribution in [2.45, 2.75) is 6.54 Å². The molecule has 19 heavy (non-hydrogen) atoms. The monoisotopic (exact) mass is 261 g/mol. The predicted octanol–water partition coefficient (Wildman–Crippen LogP) is 1.95. The zero-order valence-electron chi connectivity index (χ0n) is 10.2. The van der Waals surface area contributed by atoms with Gasteiger partial charge in [-0.2, -0.15) is 0 Å². The van der Waals surface area contributed by atoms with E-state index in [9.17, 15) is 9.18 Å². The van der Waals surface area contributed by atoms with Crippen LogP contribution in [-0.2, 0) is 6.54 Å². The fourth-order valence-electron chi connectivity index (χ4n) is 1.74. The number of hydrogen-bond acceptors (Lipinski definition) is 4. The Balaban J connectivity index is 2.25. The van der Waals surface area contributed by atoms with Crippen molar-refractivity contribution < 1.29 is 14.3 Å². The molecule has 1 aromatic heterocycles. The van der Waals surface area contributed by atoms with Crippen LogP contribution in [0.2, 0.25) is 0 Å². The topological polar surface area (TPSA) is 66.3 Å². The highest BCUT2D eigenvalue weighted by molar-refractivity contribution is 5.90. The molecule has 0 saturated carbocycles. The smallest absolute Gasteiger partial charge is 0.358 e. The number of halogens is 1. The lowest BCUT2D eigenvalue weighted by Crippen LogP contribution is -2.21. The minimum atomic E-state index is -1.14. The predicted molar refractivity (Wildman–Crippen MR) is 67.5 cm³/mol. The highest BCUT2D eigenvalue weighted by Gasteiger charge is 2.16. The van der Waals surface area contributed by atoms with E-state index in [1.807, 2.05) is 0 Å². The second-order valence-electron chi connectivity index (χ2n) is 4.02. The molecule has 0 aliphatic heterocycles. The molecule has 0 radical (unpaired) electrons. The maximum absolute atomic E-state index is 13.1. The van der Waals surface area contributed by atoms with Gasteiger partial charge in [-0.1, -0.05) is 12.1 Å². The molecule has 0 spiro atoms. The number of nitrogens with zero attached hydrogens (tertiary/aromatic N) is 3. The first-order chi connectivity index (χ1) is 9.08. The molecule has 1 aromatic carbocycles. The lowest BCUT2D eigenvalue weighted by atomic mass is 10.2. The van der Waals surface area contributed by atoms with Crippen molar-refractivity contribution in [3.05, 3.63) is 53.7 Å². The molecule has 0 saturated heterocycles. The number of carbonyl (C=O) groups is 1. The highest BCUT2D eigenvalue weighted by Crippen LogP contribution is 2.16. The Kier molecular flexibility index (Phi) is 3.70. The van der Waals surface area contributed by atoms with Crippen LogP contribution < -0.4 is 4.90 Å². The summed E-state index contributed by atoms with van der Waals surface area (Å²) in [6.45, 7) is 0.344. The number of aromatic nitrogens is 2. The number of carboxylic acids is 1. The lowest BCUT2D eigenvalue weighted by molar-refractivity contribution is 0.0690. The molecule has 1 N–H and O–H groups in total. The Morgan fingerprint density at radius 3 is 2.79 bits per heavy atom. The van der Waals surface area contributed by atoms with E-state index in [-0.39, 0.29) is 17.3 Å². The maximum atomic E-state index is 13.1. The second-order valence-corrected chi connectivity index (χ2v) is 4.02. The number of hydrogen-bond donors (Lipinski definition) is 1. The number of carboxylic acid groups (broad SMARTS) is 1. The average Bonchev–Trinajstić information content (AvgIpc) is 2.38. The van der Waals surface area contributed by atoms with Crippen LogP contribution >= 0.6 is 0 Å². The first kappa shape index (κ1) is 12.9. The number of aromatic carboxylic acids is 1. The normalized spacial score (nSPS) is 10.2. The summed E-state index contributed by atoms with van der Waals surface area (Å²) in [4.78, 5) is 20.4. The molecule has 0 amide bonds. The molecule has 6 heteroatoms. The molecule has 0 unspecified atom stereocenters. The fraction of sp³-hybridized carbons (Fsp3) is 0.154. The van der Waals surface area contributed by atoms with Crippen LogP contribution in [-0.4, -0.2) is 28.1 Å². The molecular formula is C13H12FN3O2. The van der Waals surface area contributed by atoms with Crippen LogP contribution in [0.15, 0.2) is 36.7 Å². The van der Waals surface area contributed by atoms with Crippen LogP contribution in [0.5, 0.6) is 0 Å². The van der Waals surface area contributed by atoms with Gasteiger partial charge in [0.25, 0.3) is 0 Å². The molecular weight excluding hydrogens is 249 g/mol. The highest BCUT2D eigenvalue weighted by atomic mass is 19.1. The van der Waals surface area contributed by atoms with Crippen molar-refractivity contribution in [2.24, 2.45) is 0 Å². The SMILES string of the molecule is CN(Cc1cccc(F)c1)c1nccnc1C(=O)O. The van der Waals surface area contributed by atoms with Gasteiger partial charge in [-0.15, -0.1) is 0 Å². The Hall–Kier alpha value is -2.50. The van der Waals surface area contributed by atoms with E-state index in [1.54, 1.807) is 24.1 Å². The minimum Gasteiger partial charge on any atom is -0.476 e. The summed E-state index contributed by atoms with van der Waals surface area (Å²) in [7, 11) is 1.68. The van der Waals surface area contributed by atoms with Gasteiger partial charge in [-0.25, -0.2) is 19.2 Å². The van der Waals surface area contributed by atoms with Crippen molar-refractivity contribution >= 4 is 11.8 Å². The van der Waals surface area contributed by atoms with Gasteiger partial charge in [-0.3, -0.25) is 0 Å². The Bertz CT molecular complexity index is 604. The first-order valence-corrected chi connectivity index (χ1v) is 5.58. The van der Waals surface area contributed by atoms with Crippen molar-refractivity contribution in [1.82, 2.24) is 9.97 Å². The van der Waals surface area contributed by atoms with Crippen LogP contribution in [0.4, 0.5) is 10.2 Å². The van der Waals surface area contributed by atoms with E-state index >= 15 is 0 Å². The van der Waals surface area contributed by atoms with Crippen LogP contribution in [0, 0.1) is 5.82 Å². The van der Waals surface area contributed by atoms with E-state index in [4.69, 9.17) is 5.11 Å². The second kappa shape index (κ2) is 5.43. The zero-order valence-corrected chi connectivity index (χ0v) is 10.2. The molecule has 2 aromatic rings. The summed E-state index contributed by atoms with van der Waals surface area (Å²) in [5.41, 5.74) is 0.603. The summed E-state index contributed by atoms with van der Waals surface area (Å²) < 4.78 is 13.1. The number of rotatable bonds is 4. The van der Waals surface area contributed by atoms with Crippen molar-refractivity contribution in [2.75, 3.05) is 11.9 Å². The van der Waals surface area contributed by atoms with Gasteiger partial charge >= 0.3 is 5.97 Å². The standard InChI is InChI=1S/C13H12FN3O2/c1-17(8-9-3-2-4-10(14)7-9)12-11(13(18)19)15-5-6-16-12/h2-7H,8H2,1H3,(H,18,19). The summed E-state index contributed by atoms with van der Waals surface area (Å²) >= 11 is 0. The van der Waals surface area contributed by atoms with Gasteiger partial charge < -0.3 is 10.0 Å². The molecule has 2 rings (SSSR count). The van der Waals surface area contributed by atoms with E-state index in [0.29, 0.717) is 6.54 Å². The molecule has 0 aliphatic rings. The fourth-order valence-corrected chi connectivity index (χ4v) is 1.74. The molecule has 0 fully saturated rings. The van der Waals surface area contributed by atoms with Crippen molar-refractivity contribution in [1.29, 1.82) is 0 Å². The Labute approximate surface area is 109 Å². The molecule has 0 aliphatic carbocycles. The number of benzene rings is 1. The summed E-state index contributed by atoms with van der Waals surface area (Å²) in [6, 6.07) is 6.12. The third kappa shape index (κ3) is 3.04. The lowest BCUT2D eigenvalue weighted by Gasteiger charge is -2.19. The largest absolute Gasteiger partial charge is 0.476 e. The van der Waals surface area contributed by atoms with Gasteiger partial charge in [0, 0.05) is 26.0 Å². The quantitative estimate of drug-likeness (QED) is 0.911. The van der Waals surface area contributed by atoms with E-state index < -0.39 is 5.97 Å². The summed E-state index contributed by atoms with van der Waals surface area (Å²) in [5.74, 6) is -1.23. The number of anilines is 1. The van der Waals surface area contributed by atoms with Gasteiger partial charge in [0.2, 0.25) is 0 Å². The summed E-state index contributed by atoms with van der Waals surface area (Å²) in [5, 5.41) is 9.04. The summed E-state index contributed by atoms with van der Waals surface area (Å²) in [6.07, 6.45) is 2.74. The van der Waals surface area contributed by atoms with Gasteiger partial charge in [0.15, 0.2) is 11.5 Å². The van der Waals surface area contributed by atoms with E-state index in [1.165, 1.54) is 24.5 Å². The molecule has 0 atom stereocenters. The average molecular weight is 261 g/mol. The third-order valence-corrected chi connectivity index (χ3v) is 2.55. The molecule has 1 heterocycles. The molecule has 0 bridgehead atoms. The minimum absolute atomic E-state index is 0.124. The van der Waals surface area contributed by atoms with E-state index in [2.05, 4.69) is 9.97 Å². The van der Waals surface area contributed by atoms with Crippen molar-refractivity contribution in [3.8, 4) is 0 Å². The zero-order chi connectivity index (χ0) is 13.8. The van der Waals surface area contributed by atoms with E-state index in [0.717, 1.165) is 5.56 Å². The van der Waals surface area contributed by atoms with Gasteiger partial charge in [0.1, 0.15) is 5.82 Å². The maximum Gasteiger partial charge on any atom is 0.358 e. The van der Waals surface area contributed by atoms with Crippen LogP contribution in [0.25, 0.3) is 0 Å². The van der Waals surface area contributed by atoms with Crippen molar-refractivity contribution in [3.63, 3.8) is 0 Å². The van der Waals surface area contributed by atoms with Gasteiger partial charge in [-0.05, 0) is 17.7 Å².